The molecule has 2 heterocycles. The van der Waals surface area contributed by atoms with Gasteiger partial charge in [0.2, 0.25) is 0 Å². The number of benzene rings is 2. The van der Waals surface area contributed by atoms with Crippen molar-refractivity contribution >= 4 is 33.3 Å². The summed E-state index contributed by atoms with van der Waals surface area (Å²) < 4.78 is 0. The molecule has 5 heteroatoms. The van der Waals surface area contributed by atoms with Crippen LogP contribution in [0.15, 0.2) is 60.0 Å². The summed E-state index contributed by atoms with van der Waals surface area (Å²) in [5.74, 6) is -0.168. The maximum Gasteiger partial charge on any atom is 0.258 e. The van der Waals surface area contributed by atoms with Crippen LogP contribution >= 0.6 is 11.3 Å². The largest absolute Gasteiger partial charge is 0.298 e. The van der Waals surface area contributed by atoms with Crippen molar-refractivity contribution in [3.8, 4) is 11.3 Å². The van der Waals surface area contributed by atoms with E-state index in [4.69, 9.17) is 0 Å². The van der Waals surface area contributed by atoms with Gasteiger partial charge in [0.25, 0.3) is 5.91 Å². The van der Waals surface area contributed by atoms with Gasteiger partial charge >= 0.3 is 0 Å². The molecule has 0 unspecified atom stereocenters. The van der Waals surface area contributed by atoms with Crippen molar-refractivity contribution in [3.05, 3.63) is 76.8 Å². The number of rotatable bonds is 4. The van der Waals surface area contributed by atoms with E-state index in [-0.39, 0.29) is 5.91 Å². The SMILES string of the molecule is CCc1ccc(-c2csc(NC(=O)c3cc(C)nc4ccccc34)n2)cc1. The van der Waals surface area contributed by atoms with E-state index in [1.165, 1.54) is 16.9 Å². The standard InChI is InChI=1S/C22H19N3OS/c1-3-15-8-10-16(11-9-15)20-13-27-22(24-20)25-21(26)18-12-14(2)23-19-7-5-4-6-17(18)19/h4-13H,3H2,1-2H3,(H,24,25,26). The molecule has 4 rings (SSSR count). The van der Waals surface area contributed by atoms with Crippen LogP contribution in [-0.4, -0.2) is 15.9 Å². The molecular formula is C22H19N3OS. The molecule has 27 heavy (non-hydrogen) atoms. The number of para-hydroxylation sites is 1. The Morgan fingerprint density at radius 3 is 2.63 bits per heavy atom. The van der Waals surface area contributed by atoms with E-state index in [0.29, 0.717) is 10.7 Å². The molecule has 2 aromatic carbocycles. The molecule has 0 aliphatic rings. The normalized spacial score (nSPS) is 10.9. The predicted octanol–water partition coefficient (Wildman–Crippen LogP) is 5.48. The Bertz CT molecular complexity index is 1120. The quantitative estimate of drug-likeness (QED) is 0.515. The van der Waals surface area contributed by atoms with Gasteiger partial charge in [-0.2, -0.15) is 0 Å². The molecule has 1 N–H and O–H groups in total. The Balaban J connectivity index is 1.60. The molecule has 4 nitrogen and oxygen atoms in total. The Morgan fingerprint density at radius 2 is 1.85 bits per heavy atom. The first kappa shape index (κ1) is 17.4. The van der Waals surface area contributed by atoms with E-state index in [1.54, 1.807) is 0 Å². The second kappa shape index (κ2) is 7.29. The molecule has 4 aromatic rings. The molecule has 0 atom stereocenters. The number of fused-ring (bicyclic) bond motifs is 1. The second-order valence-corrected chi connectivity index (χ2v) is 7.23. The van der Waals surface area contributed by atoms with Crippen molar-refractivity contribution < 1.29 is 4.79 Å². The summed E-state index contributed by atoms with van der Waals surface area (Å²) in [6, 6.07) is 17.8. The Kier molecular flexibility index (Phi) is 4.69. The zero-order chi connectivity index (χ0) is 18.8. The third-order valence-corrected chi connectivity index (χ3v) is 5.23. The summed E-state index contributed by atoms with van der Waals surface area (Å²) in [6.45, 7) is 4.03. The molecule has 0 radical (unpaired) electrons. The number of carbonyl (C=O) groups excluding carboxylic acids is 1. The van der Waals surface area contributed by atoms with Crippen LogP contribution in [0.3, 0.4) is 0 Å². The van der Waals surface area contributed by atoms with E-state index >= 15 is 0 Å². The zero-order valence-electron chi connectivity index (χ0n) is 15.2. The second-order valence-electron chi connectivity index (χ2n) is 6.37. The van der Waals surface area contributed by atoms with Crippen LogP contribution in [0.1, 0.15) is 28.5 Å². The third-order valence-electron chi connectivity index (χ3n) is 4.47. The van der Waals surface area contributed by atoms with Crippen LogP contribution < -0.4 is 5.32 Å². The zero-order valence-corrected chi connectivity index (χ0v) is 16.0. The third kappa shape index (κ3) is 3.59. The number of hydrogen-bond acceptors (Lipinski definition) is 4. The number of nitrogens with zero attached hydrogens (tertiary/aromatic N) is 2. The fourth-order valence-electron chi connectivity index (χ4n) is 3.04. The van der Waals surface area contributed by atoms with Gasteiger partial charge < -0.3 is 0 Å². The fourth-order valence-corrected chi connectivity index (χ4v) is 3.75. The smallest absolute Gasteiger partial charge is 0.258 e. The first-order valence-electron chi connectivity index (χ1n) is 8.86. The van der Waals surface area contributed by atoms with Gasteiger partial charge in [0, 0.05) is 22.0 Å². The van der Waals surface area contributed by atoms with Gasteiger partial charge in [0.15, 0.2) is 5.13 Å². The number of nitrogens with one attached hydrogen (secondary N) is 1. The molecule has 134 valence electrons. The molecule has 0 bridgehead atoms. The minimum absolute atomic E-state index is 0.168. The Hall–Kier alpha value is -3.05. The summed E-state index contributed by atoms with van der Waals surface area (Å²) >= 11 is 1.43. The number of carbonyl (C=O) groups is 1. The molecule has 0 spiro atoms. The molecule has 1 amide bonds. The summed E-state index contributed by atoms with van der Waals surface area (Å²) in [5, 5.41) is 6.33. The topological polar surface area (TPSA) is 54.9 Å². The lowest BCUT2D eigenvalue weighted by molar-refractivity contribution is 0.102. The van der Waals surface area contributed by atoms with Crippen LogP contribution in [0.5, 0.6) is 0 Å². The van der Waals surface area contributed by atoms with Crippen LogP contribution in [0, 0.1) is 6.92 Å². The van der Waals surface area contributed by atoms with Gasteiger partial charge in [-0.25, -0.2) is 4.98 Å². The summed E-state index contributed by atoms with van der Waals surface area (Å²) in [7, 11) is 0. The Morgan fingerprint density at radius 1 is 1.07 bits per heavy atom. The van der Waals surface area contributed by atoms with Crippen molar-refractivity contribution in [2.75, 3.05) is 5.32 Å². The summed E-state index contributed by atoms with van der Waals surface area (Å²) in [4.78, 5) is 21.9. The number of hydrogen-bond donors (Lipinski definition) is 1. The molecule has 0 saturated carbocycles. The van der Waals surface area contributed by atoms with Crippen LogP contribution in [0.2, 0.25) is 0 Å². The molecule has 0 fully saturated rings. The number of thiazole rings is 1. The highest BCUT2D eigenvalue weighted by Crippen LogP contribution is 2.26. The van der Waals surface area contributed by atoms with E-state index in [1.807, 2.05) is 42.6 Å². The average molecular weight is 373 g/mol. The molecule has 0 saturated heterocycles. The number of aromatic nitrogens is 2. The highest BCUT2D eigenvalue weighted by atomic mass is 32.1. The van der Waals surface area contributed by atoms with Crippen molar-refractivity contribution in [2.45, 2.75) is 20.3 Å². The summed E-state index contributed by atoms with van der Waals surface area (Å²) in [5.41, 5.74) is 5.46. The monoisotopic (exact) mass is 373 g/mol. The van der Waals surface area contributed by atoms with Crippen LogP contribution in [0.4, 0.5) is 5.13 Å². The fraction of sp³-hybridized carbons (Fsp3) is 0.136. The Labute approximate surface area is 161 Å². The number of aryl methyl sites for hydroxylation is 2. The predicted molar refractivity (Wildman–Crippen MR) is 111 cm³/mol. The van der Waals surface area contributed by atoms with E-state index in [0.717, 1.165) is 34.3 Å². The molecule has 0 aliphatic carbocycles. The maximum atomic E-state index is 12.8. The lowest BCUT2D eigenvalue weighted by Crippen LogP contribution is -2.13. The van der Waals surface area contributed by atoms with Gasteiger partial charge in [-0.3, -0.25) is 15.1 Å². The van der Waals surface area contributed by atoms with Crippen molar-refractivity contribution in [1.29, 1.82) is 0 Å². The summed E-state index contributed by atoms with van der Waals surface area (Å²) in [6.07, 6.45) is 1.01. The molecular weight excluding hydrogens is 354 g/mol. The van der Waals surface area contributed by atoms with Gasteiger partial charge in [0.05, 0.1) is 16.8 Å². The highest BCUT2D eigenvalue weighted by molar-refractivity contribution is 7.14. The molecule has 2 aromatic heterocycles. The van der Waals surface area contributed by atoms with Crippen molar-refractivity contribution in [1.82, 2.24) is 9.97 Å². The van der Waals surface area contributed by atoms with Gasteiger partial charge in [-0.1, -0.05) is 49.4 Å². The van der Waals surface area contributed by atoms with Crippen molar-refractivity contribution in [2.24, 2.45) is 0 Å². The first-order valence-corrected chi connectivity index (χ1v) is 9.74. The average Bonchev–Trinajstić information content (AvgIpc) is 3.15. The number of pyridine rings is 1. The van der Waals surface area contributed by atoms with E-state index in [9.17, 15) is 4.79 Å². The first-order chi connectivity index (χ1) is 13.1. The minimum atomic E-state index is -0.168. The van der Waals surface area contributed by atoms with Crippen molar-refractivity contribution in [3.63, 3.8) is 0 Å². The molecule has 0 aliphatic heterocycles. The highest BCUT2D eigenvalue weighted by Gasteiger charge is 2.14. The van der Waals surface area contributed by atoms with Crippen LogP contribution in [-0.2, 0) is 6.42 Å². The van der Waals surface area contributed by atoms with Gasteiger partial charge in [0.1, 0.15) is 0 Å². The number of anilines is 1. The number of amides is 1. The van der Waals surface area contributed by atoms with E-state index in [2.05, 4.69) is 46.5 Å². The minimum Gasteiger partial charge on any atom is -0.298 e. The van der Waals surface area contributed by atoms with E-state index < -0.39 is 0 Å². The lowest BCUT2D eigenvalue weighted by atomic mass is 10.1. The maximum absolute atomic E-state index is 12.8. The van der Waals surface area contributed by atoms with Gasteiger partial charge in [-0.15, -0.1) is 11.3 Å². The lowest BCUT2D eigenvalue weighted by Gasteiger charge is -2.07. The van der Waals surface area contributed by atoms with Crippen LogP contribution in [0.25, 0.3) is 22.2 Å². The van der Waals surface area contributed by atoms with Gasteiger partial charge in [-0.05, 0) is 31.0 Å².